The molecule has 0 saturated heterocycles. The molecule has 3 nitrogen and oxygen atoms in total. The van der Waals surface area contributed by atoms with Crippen molar-refractivity contribution in [3.8, 4) is 0 Å². The molecule has 1 N–H and O–H groups in total. The minimum atomic E-state index is 0.225. The number of likely N-dealkylation sites (N-methyl/N-ethyl adjacent to an activating group) is 1. The molecular weight excluding hydrogens is 152 g/mol. The third kappa shape index (κ3) is 4.13. The molecule has 0 saturated carbocycles. The van der Waals surface area contributed by atoms with Crippen LogP contribution in [0.3, 0.4) is 0 Å². The number of amides is 1. The average molecular weight is 170 g/mol. The molecule has 1 atom stereocenters. The highest BCUT2D eigenvalue weighted by Crippen LogP contribution is 1.95. The van der Waals surface area contributed by atoms with Gasteiger partial charge in [-0.05, 0) is 27.8 Å². The summed E-state index contributed by atoms with van der Waals surface area (Å²) in [5, 5.41) is 3.05. The van der Waals surface area contributed by atoms with E-state index in [9.17, 15) is 4.79 Å². The van der Waals surface area contributed by atoms with Gasteiger partial charge >= 0.3 is 0 Å². The molecule has 70 valence electrons. The fraction of sp³-hybridized carbons (Fsp3) is 0.667. The van der Waals surface area contributed by atoms with Crippen molar-refractivity contribution < 1.29 is 4.79 Å². The Bertz CT molecular complexity index is 155. The quantitative estimate of drug-likeness (QED) is 0.624. The first kappa shape index (κ1) is 11.2. The van der Waals surface area contributed by atoms with Crippen LogP contribution in [0.2, 0.25) is 0 Å². The molecule has 1 unspecified atom stereocenters. The normalized spacial score (nSPS) is 13.8. The van der Waals surface area contributed by atoms with E-state index in [4.69, 9.17) is 0 Å². The van der Waals surface area contributed by atoms with Gasteiger partial charge in [-0.1, -0.05) is 6.08 Å². The van der Waals surface area contributed by atoms with Gasteiger partial charge in [-0.3, -0.25) is 4.79 Å². The van der Waals surface area contributed by atoms with E-state index >= 15 is 0 Å². The molecular formula is C9H18N2O. The zero-order valence-corrected chi connectivity index (χ0v) is 8.24. The highest BCUT2D eigenvalue weighted by molar-refractivity contribution is 5.49. The molecule has 12 heavy (non-hydrogen) atoms. The molecule has 0 aromatic rings. The zero-order valence-electron chi connectivity index (χ0n) is 8.24. The third-order valence-electron chi connectivity index (χ3n) is 1.72. The second-order valence-electron chi connectivity index (χ2n) is 3.07. The first-order valence-corrected chi connectivity index (χ1v) is 4.20. The first-order chi connectivity index (χ1) is 5.61. The number of rotatable bonds is 5. The van der Waals surface area contributed by atoms with Gasteiger partial charge in [0.2, 0.25) is 6.41 Å². The van der Waals surface area contributed by atoms with Gasteiger partial charge < -0.3 is 10.2 Å². The van der Waals surface area contributed by atoms with E-state index in [2.05, 4.69) is 5.32 Å². The molecule has 0 heterocycles. The molecule has 0 spiro atoms. The Kier molecular flexibility index (Phi) is 5.37. The van der Waals surface area contributed by atoms with Crippen molar-refractivity contribution in [2.24, 2.45) is 0 Å². The predicted molar refractivity (Wildman–Crippen MR) is 50.7 cm³/mol. The van der Waals surface area contributed by atoms with Crippen LogP contribution in [0.15, 0.2) is 12.3 Å². The Balaban J connectivity index is 4.00. The van der Waals surface area contributed by atoms with Crippen LogP contribution in [-0.4, -0.2) is 30.4 Å². The van der Waals surface area contributed by atoms with Crippen LogP contribution in [-0.2, 0) is 4.79 Å². The molecule has 0 bridgehead atoms. The summed E-state index contributed by atoms with van der Waals surface area (Å²) in [6.07, 6.45) is 4.59. The minimum Gasteiger partial charge on any atom is -0.319 e. The van der Waals surface area contributed by atoms with Gasteiger partial charge in [0.05, 0.1) is 0 Å². The maximum Gasteiger partial charge on any atom is 0.213 e. The maximum absolute atomic E-state index is 10.5. The Morgan fingerprint density at radius 1 is 1.33 bits per heavy atom. The Hall–Kier alpha value is -0.830. The number of nitrogens with zero attached hydrogens (tertiary/aromatic N) is 1. The van der Waals surface area contributed by atoms with Gasteiger partial charge in [-0.2, -0.15) is 0 Å². The second-order valence-corrected chi connectivity index (χ2v) is 3.07. The Labute approximate surface area is 74.4 Å². The molecule has 3 heteroatoms. The molecule has 0 aliphatic rings. The third-order valence-corrected chi connectivity index (χ3v) is 1.72. The summed E-state index contributed by atoms with van der Waals surface area (Å²) in [5.41, 5.74) is 0. The Morgan fingerprint density at radius 3 is 2.25 bits per heavy atom. The van der Waals surface area contributed by atoms with Gasteiger partial charge in [0.15, 0.2) is 0 Å². The minimum absolute atomic E-state index is 0.225. The topological polar surface area (TPSA) is 32.3 Å². The van der Waals surface area contributed by atoms with Crippen molar-refractivity contribution in [2.45, 2.75) is 32.9 Å². The van der Waals surface area contributed by atoms with Gasteiger partial charge in [-0.15, -0.1) is 0 Å². The number of carbonyl (C=O) groups is 1. The molecule has 1 amide bonds. The van der Waals surface area contributed by atoms with Crippen molar-refractivity contribution in [2.75, 3.05) is 7.05 Å². The average Bonchev–Trinajstić information content (AvgIpc) is 2.04. The van der Waals surface area contributed by atoms with Crippen molar-refractivity contribution in [1.29, 1.82) is 0 Å². The van der Waals surface area contributed by atoms with Crippen LogP contribution in [0.25, 0.3) is 0 Å². The van der Waals surface area contributed by atoms with Gasteiger partial charge in [-0.25, -0.2) is 0 Å². The fourth-order valence-corrected chi connectivity index (χ4v) is 0.654. The van der Waals surface area contributed by atoms with E-state index < -0.39 is 0 Å². The van der Waals surface area contributed by atoms with Crippen LogP contribution >= 0.6 is 0 Å². The maximum atomic E-state index is 10.5. The lowest BCUT2D eigenvalue weighted by Gasteiger charge is -2.17. The van der Waals surface area contributed by atoms with Crippen molar-refractivity contribution in [3.63, 3.8) is 0 Å². The number of hydrogen-bond donors (Lipinski definition) is 1. The molecule has 0 fully saturated rings. The number of hydrogen-bond acceptors (Lipinski definition) is 2. The number of nitrogens with one attached hydrogen (secondary N) is 1. The van der Waals surface area contributed by atoms with Crippen molar-refractivity contribution in [1.82, 2.24) is 10.2 Å². The smallest absolute Gasteiger partial charge is 0.213 e. The summed E-state index contributed by atoms with van der Waals surface area (Å²) in [5.74, 6) is 0. The first-order valence-electron chi connectivity index (χ1n) is 4.20. The summed E-state index contributed by atoms with van der Waals surface area (Å²) < 4.78 is 0. The van der Waals surface area contributed by atoms with E-state index in [1.54, 1.807) is 11.1 Å². The molecule has 0 aliphatic carbocycles. The molecule has 0 radical (unpaired) electrons. The molecule has 0 aromatic carbocycles. The molecule has 0 rings (SSSR count). The summed E-state index contributed by atoms with van der Waals surface area (Å²) in [7, 11) is 1.88. The lowest BCUT2D eigenvalue weighted by atomic mass is 10.3. The summed E-state index contributed by atoms with van der Waals surface area (Å²) in [4.78, 5) is 12.1. The monoisotopic (exact) mass is 170 g/mol. The summed E-state index contributed by atoms with van der Waals surface area (Å²) in [6.45, 7) is 5.98. The standard InChI is InChI=1S/C9H18N2O/c1-8(2)11(7-12)6-5-9(3)10-4/h5-10H,1-4H3/b6-5-. The van der Waals surface area contributed by atoms with Crippen LogP contribution in [0.1, 0.15) is 20.8 Å². The highest BCUT2D eigenvalue weighted by Gasteiger charge is 2.01. The highest BCUT2D eigenvalue weighted by atomic mass is 16.1. The summed E-state index contributed by atoms with van der Waals surface area (Å²) >= 11 is 0. The SMILES string of the molecule is CNC(C)/C=C\N(C=O)C(C)C. The van der Waals surface area contributed by atoms with Crippen LogP contribution < -0.4 is 5.32 Å². The lowest BCUT2D eigenvalue weighted by molar-refractivity contribution is -0.117. The van der Waals surface area contributed by atoms with E-state index in [1.807, 2.05) is 33.9 Å². The predicted octanol–water partition coefficient (Wildman–Crippen LogP) is 0.975. The van der Waals surface area contributed by atoms with Gasteiger partial charge in [0.1, 0.15) is 0 Å². The lowest BCUT2D eigenvalue weighted by Crippen LogP contribution is -2.25. The van der Waals surface area contributed by atoms with Crippen LogP contribution in [0, 0.1) is 0 Å². The van der Waals surface area contributed by atoms with Crippen molar-refractivity contribution >= 4 is 6.41 Å². The van der Waals surface area contributed by atoms with E-state index in [-0.39, 0.29) is 6.04 Å². The van der Waals surface area contributed by atoms with Gasteiger partial charge in [0, 0.05) is 18.3 Å². The Morgan fingerprint density at radius 2 is 1.92 bits per heavy atom. The van der Waals surface area contributed by atoms with E-state index in [0.29, 0.717) is 6.04 Å². The zero-order chi connectivity index (χ0) is 9.56. The van der Waals surface area contributed by atoms with E-state index in [1.165, 1.54) is 0 Å². The largest absolute Gasteiger partial charge is 0.319 e. The summed E-state index contributed by atoms with van der Waals surface area (Å²) in [6, 6.07) is 0.522. The van der Waals surface area contributed by atoms with Crippen LogP contribution in [0.5, 0.6) is 0 Å². The van der Waals surface area contributed by atoms with Crippen molar-refractivity contribution in [3.05, 3.63) is 12.3 Å². The van der Waals surface area contributed by atoms with Gasteiger partial charge in [0.25, 0.3) is 0 Å². The number of carbonyl (C=O) groups excluding carboxylic acids is 1. The van der Waals surface area contributed by atoms with Crippen LogP contribution in [0.4, 0.5) is 0 Å². The second kappa shape index (κ2) is 5.77. The van der Waals surface area contributed by atoms with E-state index in [0.717, 1.165) is 6.41 Å². The fourth-order valence-electron chi connectivity index (χ4n) is 0.654. The molecule has 0 aromatic heterocycles. The molecule has 0 aliphatic heterocycles.